The number of nitrogens with zero attached hydrogens (tertiary/aromatic N) is 1. The fourth-order valence-corrected chi connectivity index (χ4v) is 3.90. The lowest BCUT2D eigenvalue weighted by atomic mass is 9.75. The molecular formula is C15H24N2O3. The van der Waals surface area contributed by atoms with Gasteiger partial charge in [-0.1, -0.05) is 19.3 Å². The number of hydrogen-bond acceptors (Lipinski definition) is 3. The standard InChI is InChI=1S/C15H24N2O3/c1-14(2)13(19)17(11-6-9-20-10-11)15(12(18)16-14)7-4-3-5-8-15/h11H,3-10H2,1-2H3,(H,16,18). The SMILES string of the molecule is CC1(C)NC(=O)C2(CCCCC2)N(C2CCOC2)C1=O. The highest BCUT2D eigenvalue weighted by Gasteiger charge is 2.57. The number of amides is 2. The highest BCUT2D eigenvalue weighted by atomic mass is 16.5. The topological polar surface area (TPSA) is 58.6 Å². The van der Waals surface area contributed by atoms with Crippen molar-refractivity contribution in [3.05, 3.63) is 0 Å². The van der Waals surface area contributed by atoms with E-state index in [-0.39, 0.29) is 17.9 Å². The third-order valence-electron chi connectivity index (χ3n) is 5.01. The maximum Gasteiger partial charge on any atom is 0.248 e. The molecule has 0 aromatic heterocycles. The van der Waals surface area contributed by atoms with Gasteiger partial charge in [-0.3, -0.25) is 9.59 Å². The van der Waals surface area contributed by atoms with Crippen molar-refractivity contribution < 1.29 is 14.3 Å². The second-order valence-corrected chi connectivity index (χ2v) is 6.86. The van der Waals surface area contributed by atoms with Crippen LogP contribution in [-0.4, -0.2) is 47.0 Å². The van der Waals surface area contributed by atoms with Crippen LogP contribution in [0.1, 0.15) is 52.4 Å². The van der Waals surface area contributed by atoms with E-state index >= 15 is 0 Å². The molecule has 112 valence electrons. The molecule has 3 rings (SSSR count). The normalized spacial score (nSPS) is 32.5. The Kier molecular flexibility index (Phi) is 3.27. The van der Waals surface area contributed by atoms with Gasteiger partial charge in [0.05, 0.1) is 12.6 Å². The molecule has 0 aromatic carbocycles. The van der Waals surface area contributed by atoms with Crippen LogP contribution in [0.3, 0.4) is 0 Å². The molecule has 3 fully saturated rings. The van der Waals surface area contributed by atoms with Gasteiger partial charge in [-0.25, -0.2) is 0 Å². The Morgan fingerprint density at radius 2 is 1.90 bits per heavy atom. The number of carbonyl (C=O) groups is 2. The Morgan fingerprint density at radius 1 is 1.20 bits per heavy atom. The molecule has 1 N–H and O–H groups in total. The Hall–Kier alpha value is -1.10. The zero-order valence-electron chi connectivity index (χ0n) is 12.4. The fraction of sp³-hybridized carbons (Fsp3) is 0.867. The van der Waals surface area contributed by atoms with Gasteiger partial charge in [-0.2, -0.15) is 0 Å². The third-order valence-corrected chi connectivity index (χ3v) is 5.01. The lowest BCUT2D eigenvalue weighted by Gasteiger charge is -2.54. The van der Waals surface area contributed by atoms with E-state index in [2.05, 4.69) is 5.32 Å². The van der Waals surface area contributed by atoms with E-state index in [9.17, 15) is 9.59 Å². The van der Waals surface area contributed by atoms with Gasteiger partial charge in [0.25, 0.3) is 0 Å². The molecule has 0 bridgehead atoms. The minimum Gasteiger partial charge on any atom is -0.379 e. The van der Waals surface area contributed by atoms with E-state index in [1.54, 1.807) is 13.8 Å². The highest BCUT2D eigenvalue weighted by molar-refractivity contribution is 6.02. The molecule has 2 heterocycles. The molecule has 5 nitrogen and oxygen atoms in total. The average molecular weight is 280 g/mol. The van der Waals surface area contributed by atoms with Crippen LogP contribution >= 0.6 is 0 Å². The Balaban J connectivity index is 2.00. The largest absolute Gasteiger partial charge is 0.379 e. The van der Waals surface area contributed by atoms with Crippen molar-refractivity contribution in [3.8, 4) is 0 Å². The van der Waals surface area contributed by atoms with Gasteiger partial charge in [0, 0.05) is 6.61 Å². The van der Waals surface area contributed by atoms with E-state index in [0.29, 0.717) is 13.2 Å². The molecule has 1 aliphatic carbocycles. The molecule has 5 heteroatoms. The summed E-state index contributed by atoms with van der Waals surface area (Å²) < 4.78 is 5.47. The van der Waals surface area contributed by atoms with Crippen molar-refractivity contribution >= 4 is 11.8 Å². The Morgan fingerprint density at radius 3 is 2.50 bits per heavy atom. The van der Waals surface area contributed by atoms with Gasteiger partial charge in [0.15, 0.2) is 0 Å². The summed E-state index contributed by atoms with van der Waals surface area (Å²) in [4.78, 5) is 27.6. The van der Waals surface area contributed by atoms with Crippen molar-refractivity contribution in [2.24, 2.45) is 0 Å². The molecule has 0 radical (unpaired) electrons. The van der Waals surface area contributed by atoms with Crippen LogP contribution in [0.5, 0.6) is 0 Å². The molecule has 1 unspecified atom stereocenters. The van der Waals surface area contributed by atoms with Crippen LogP contribution in [0.4, 0.5) is 0 Å². The summed E-state index contributed by atoms with van der Waals surface area (Å²) in [6, 6.07) is 0.0610. The van der Waals surface area contributed by atoms with Crippen LogP contribution in [0.25, 0.3) is 0 Å². The first-order valence-electron chi connectivity index (χ1n) is 7.71. The predicted molar refractivity (Wildman–Crippen MR) is 74.1 cm³/mol. The molecule has 3 aliphatic rings. The van der Waals surface area contributed by atoms with Gasteiger partial charge in [-0.05, 0) is 33.1 Å². The quantitative estimate of drug-likeness (QED) is 0.785. The zero-order valence-corrected chi connectivity index (χ0v) is 12.4. The number of carbonyl (C=O) groups excluding carboxylic acids is 2. The van der Waals surface area contributed by atoms with Crippen LogP contribution in [-0.2, 0) is 14.3 Å². The summed E-state index contributed by atoms with van der Waals surface area (Å²) >= 11 is 0. The lowest BCUT2D eigenvalue weighted by Crippen LogP contribution is -2.76. The first-order chi connectivity index (χ1) is 9.47. The van der Waals surface area contributed by atoms with E-state index in [0.717, 1.165) is 38.5 Å². The number of rotatable bonds is 1. The maximum atomic E-state index is 12.9. The summed E-state index contributed by atoms with van der Waals surface area (Å²) in [6.45, 7) is 4.85. The summed E-state index contributed by atoms with van der Waals surface area (Å²) in [5, 5.41) is 2.95. The molecule has 1 atom stereocenters. The van der Waals surface area contributed by atoms with E-state index < -0.39 is 11.1 Å². The van der Waals surface area contributed by atoms with Crippen molar-refractivity contribution in [1.29, 1.82) is 0 Å². The number of ether oxygens (including phenoxy) is 1. The summed E-state index contributed by atoms with van der Waals surface area (Å²) in [5.41, 5.74) is -1.43. The lowest BCUT2D eigenvalue weighted by molar-refractivity contribution is -0.168. The van der Waals surface area contributed by atoms with E-state index in [4.69, 9.17) is 4.74 Å². The van der Waals surface area contributed by atoms with Gasteiger partial charge in [-0.15, -0.1) is 0 Å². The smallest absolute Gasteiger partial charge is 0.248 e. The van der Waals surface area contributed by atoms with Gasteiger partial charge in [0.1, 0.15) is 11.1 Å². The van der Waals surface area contributed by atoms with Crippen LogP contribution in [0, 0.1) is 0 Å². The van der Waals surface area contributed by atoms with Crippen molar-refractivity contribution in [3.63, 3.8) is 0 Å². The molecule has 2 amide bonds. The van der Waals surface area contributed by atoms with E-state index in [1.165, 1.54) is 0 Å². The monoisotopic (exact) mass is 280 g/mol. The molecule has 1 saturated carbocycles. The third kappa shape index (κ3) is 1.94. The van der Waals surface area contributed by atoms with Crippen LogP contribution < -0.4 is 5.32 Å². The number of hydrogen-bond donors (Lipinski definition) is 1. The zero-order chi connectivity index (χ0) is 14.4. The second kappa shape index (κ2) is 4.72. The summed E-state index contributed by atoms with van der Waals surface area (Å²) in [6.07, 6.45) is 5.61. The Bertz CT molecular complexity index is 421. The van der Waals surface area contributed by atoms with Crippen LogP contribution in [0.2, 0.25) is 0 Å². The van der Waals surface area contributed by atoms with Crippen molar-refractivity contribution in [2.45, 2.75) is 69.5 Å². The molecular weight excluding hydrogens is 256 g/mol. The van der Waals surface area contributed by atoms with Gasteiger partial charge in [0.2, 0.25) is 11.8 Å². The average Bonchev–Trinajstić information content (AvgIpc) is 2.92. The summed E-state index contributed by atoms with van der Waals surface area (Å²) in [7, 11) is 0. The fourth-order valence-electron chi connectivity index (χ4n) is 3.90. The number of nitrogens with one attached hydrogen (secondary N) is 1. The second-order valence-electron chi connectivity index (χ2n) is 6.86. The highest BCUT2D eigenvalue weighted by Crippen LogP contribution is 2.40. The van der Waals surface area contributed by atoms with Crippen molar-refractivity contribution in [2.75, 3.05) is 13.2 Å². The van der Waals surface area contributed by atoms with Crippen molar-refractivity contribution in [1.82, 2.24) is 10.2 Å². The van der Waals surface area contributed by atoms with Crippen LogP contribution in [0.15, 0.2) is 0 Å². The molecule has 2 aliphatic heterocycles. The number of piperazine rings is 1. The Labute approximate surface area is 120 Å². The predicted octanol–water partition coefficient (Wildman–Crippen LogP) is 1.22. The summed E-state index contributed by atoms with van der Waals surface area (Å²) in [5.74, 6) is 0.0863. The molecule has 20 heavy (non-hydrogen) atoms. The first-order valence-corrected chi connectivity index (χ1v) is 7.71. The molecule has 2 saturated heterocycles. The molecule has 1 spiro atoms. The first kappa shape index (κ1) is 13.9. The molecule has 0 aromatic rings. The van der Waals surface area contributed by atoms with E-state index in [1.807, 2.05) is 4.90 Å². The maximum absolute atomic E-state index is 12.9. The minimum absolute atomic E-state index is 0.0358. The minimum atomic E-state index is -0.803. The van der Waals surface area contributed by atoms with Gasteiger partial charge < -0.3 is 15.0 Å². The van der Waals surface area contributed by atoms with Gasteiger partial charge >= 0.3 is 0 Å².